The second-order valence-electron chi connectivity index (χ2n) is 5.28. The number of thiophene rings is 1. The Morgan fingerprint density at radius 2 is 2.21 bits per heavy atom. The highest BCUT2D eigenvalue weighted by molar-refractivity contribution is 7.91. The summed E-state index contributed by atoms with van der Waals surface area (Å²) in [6.07, 6.45) is 4.92. The predicted octanol–water partition coefficient (Wildman–Crippen LogP) is 3.27. The molecule has 1 fully saturated rings. The number of halogens is 1. The molecule has 3 atom stereocenters. The fourth-order valence-corrected chi connectivity index (χ4v) is 5.55. The van der Waals surface area contributed by atoms with Gasteiger partial charge in [0.05, 0.1) is 10.3 Å². The summed E-state index contributed by atoms with van der Waals surface area (Å²) in [6, 6.07) is 2.07. The largest absolute Gasteiger partial charge is 0.312 e. The van der Waals surface area contributed by atoms with Crippen molar-refractivity contribution in [1.29, 1.82) is 0 Å². The summed E-state index contributed by atoms with van der Waals surface area (Å²) in [5, 5.41) is 5.89. The molecule has 0 aromatic carbocycles. The third-order valence-corrected chi connectivity index (χ3v) is 7.06. The van der Waals surface area contributed by atoms with E-state index in [2.05, 4.69) is 5.32 Å². The Kier molecular flexibility index (Phi) is 4.93. The lowest BCUT2D eigenvalue weighted by Gasteiger charge is -2.33. The summed E-state index contributed by atoms with van der Waals surface area (Å²) >= 11 is 7.85. The van der Waals surface area contributed by atoms with Crippen LogP contribution in [0.1, 0.15) is 36.6 Å². The van der Waals surface area contributed by atoms with Gasteiger partial charge in [-0.3, -0.25) is 0 Å². The van der Waals surface area contributed by atoms with Crippen molar-refractivity contribution in [3.63, 3.8) is 0 Å². The average molecular weight is 322 g/mol. The smallest absolute Gasteiger partial charge is 0.150 e. The Morgan fingerprint density at radius 1 is 1.47 bits per heavy atom. The van der Waals surface area contributed by atoms with E-state index in [1.165, 1.54) is 6.26 Å². The highest BCUT2D eigenvalue weighted by Gasteiger charge is 2.34. The van der Waals surface area contributed by atoms with Crippen molar-refractivity contribution in [1.82, 2.24) is 5.32 Å². The van der Waals surface area contributed by atoms with Crippen LogP contribution in [0.4, 0.5) is 0 Å². The first-order chi connectivity index (χ1) is 8.93. The van der Waals surface area contributed by atoms with Crippen LogP contribution in [-0.2, 0) is 9.84 Å². The minimum Gasteiger partial charge on any atom is -0.312 e. The molecule has 19 heavy (non-hydrogen) atoms. The van der Waals surface area contributed by atoms with Gasteiger partial charge in [0, 0.05) is 17.2 Å². The molecule has 0 saturated heterocycles. The van der Waals surface area contributed by atoms with Crippen LogP contribution in [0.15, 0.2) is 11.4 Å². The normalized spacial score (nSPS) is 26.3. The van der Waals surface area contributed by atoms with Crippen molar-refractivity contribution in [2.45, 2.75) is 37.0 Å². The van der Waals surface area contributed by atoms with Crippen molar-refractivity contribution in [3.8, 4) is 0 Å². The van der Waals surface area contributed by atoms with Crippen LogP contribution in [0.25, 0.3) is 0 Å². The van der Waals surface area contributed by atoms with E-state index in [0.29, 0.717) is 5.92 Å². The van der Waals surface area contributed by atoms with E-state index in [4.69, 9.17) is 11.6 Å². The maximum Gasteiger partial charge on any atom is 0.150 e. The number of hydrogen-bond acceptors (Lipinski definition) is 4. The van der Waals surface area contributed by atoms with E-state index >= 15 is 0 Å². The van der Waals surface area contributed by atoms with Gasteiger partial charge in [0.1, 0.15) is 9.84 Å². The molecule has 2 rings (SSSR count). The number of nitrogens with one attached hydrogen (secondary N) is 1. The summed E-state index contributed by atoms with van der Waals surface area (Å²) < 4.78 is 23.5. The van der Waals surface area contributed by atoms with Gasteiger partial charge in [0.15, 0.2) is 0 Å². The third-order valence-electron chi connectivity index (χ3n) is 3.98. The Bertz CT molecular complexity index is 527. The molecule has 0 bridgehead atoms. The average Bonchev–Trinajstić information content (AvgIpc) is 2.76. The molecule has 0 radical (unpaired) electrons. The zero-order valence-electron chi connectivity index (χ0n) is 11.2. The lowest BCUT2D eigenvalue weighted by Crippen LogP contribution is -2.34. The molecule has 0 aliphatic heterocycles. The van der Waals surface area contributed by atoms with Crippen LogP contribution in [-0.4, -0.2) is 27.0 Å². The highest BCUT2D eigenvalue weighted by Crippen LogP contribution is 2.40. The summed E-state index contributed by atoms with van der Waals surface area (Å²) in [5.41, 5.74) is 0. The monoisotopic (exact) mass is 321 g/mol. The molecule has 1 aliphatic rings. The van der Waals surface area contributed by atoms with Crippen molar-refractivity contribution in [2.75, 3.05) is 13.3 Å². The molecule has 1 heterocycles. The van der Waals surface area contributed by atoms with Gasteiger partial charge in [-0.1, -0.05) is 18.0 Å². The molecule has 108 valence electrons. The molecule has 0 spiro atoms. The van der Waals surface area contributed by atoms with E-state index in [0.717, 1.165) is 35.6 Å². The molecular formula is C13H20ClNO2S2. The lowest BCUT2D eigenvalue weighted by atomic mass is 9.83. The molecular weight excluding hydrogens is 302 g/mol. The first-order valence-electron chi connectivity index (χ1n) is 6.52. The van der Waals surface area contributed by atoms with Crippen molar-refractivity contribution >= 4 is 32.8 Å². The molecule has 1 N–H and O–H groups in total. The summed E-state index contributed by atoms with van der Waals surface area (Å²) in [5.74, 6) is 0.342. The molecule has 3 unspecified atom stereocenters. The number of sulfone groups is 1. The maximum atomic E-state index is 11.8. The molecule has 1 aromatic rings. The van der Waals surface area contributed by atoms with Gasteiger partial charge in [0.2, 0.25) is 0 Å². The Hall–Kier alpha value is -0.100. The Morgan fingerprint density at radius 3 is 2.74 bits per heavy atom. The zero-order valence-corrected chi connectivity index (χ0v) is 13.6. The second kappa shape index (κ2) is 6.12. The Balaban J connectivity index is 2.18. The van der Waals surface area contributed by atoms with E-state index in [9.17, 15) is 8.42 Å². The van der Waals surface area contributed by atoms with E-state index in [-0.39, 0.29) is 11.3 Å². The number of rotatable bonds is 4. The van der Waals surface area contributed by atoms with E-state index in [1.807, 2.05) is 18.5 Å². The van der Waals surface area contributed by atoms with Crippen LogP contribution in [0.3, 0.4) is 0 Å². The van der Waals surface area contributed by atoms with Crippen molar-refractivity contribution in [2.24, 2.45) is 5.92 Å². The van der Waals surface area contributed by atoms with Gasteiger partial charge in [0.25, 0.3) is 0 Å². The van der Waals surface area contributed by atoms with Gasteiger partial charge >= 0.3 is 0 Å². The molecule has 1 aromatic heterocycles. The SMILES string of the molecule is CNC(c1sccc1Cl)C1CCCC(S(C)(=O)=O)C1. The second-order valence-corrected chi connectivity index (χ2v) is 8.96. The molecule has 1 saturated carbocycles. The van der Waals surface area contributed by atoms with Gasteiger partial charge in [-0.25, -0.2) is 8.42 Å². The minimum absolute atomic E-state index is 0.164. The quantitative estimate of drug-likeness (QED) is 0.925. The van der Waals surface area contributed by atoms with Gasteiger partial charge in [-0.15, -0.1) is 11.3 Å². The first kappa shape index (κ1) is 15.3. The molecule has 3 nitrogen and oxygen atoms in total. The van der Waals surface area contributed by atoms with Gasteiger partial charge in [-0.05, 0) is 43.7 Å². The number of hydrogen-bond donors (Lipinski definition) is 1. The van der Waals surface area contributed by atoms with Crippen LogP contribution < -0.4 is 5.32 Å². The minimum atomic E-state index is -2.94. The van der Waals surface area contributed by atoms with Crippen LogP contribution in [0, 0.1) is 5.92 Å². The molecule has 0 amide bonds. The van der Waals surface area contributed by atoms with Crippen LogP contribution in [0.2, 0.25) is 5.02 Å². The predicted molar refractivity (Wildman–Crippen MR) is 81.7 cm³/mol. The van der Waals surface area contributed by atoms with E-state index < -0.39 is 9.84 Å². The lowest BCUT2D eigenvalue weighted by molar-refractivity contribution is 0.285. The third kappa shape index (κ3) is 3.51. The van der Waals surface area contributed by atoms with Crippen molar-refractivity contribution in [3.05, 3.63) is 21.3 Å². The molecule has 1 aliphatic carbocycles. The van der Waals surface area contributed by atoms with Gasteiger partial charge in [-0.2, -0.15) is 0 Å². The van der Waals surface area contributed by atoms with Crippen LogP contribution in [0.5, 0.6) is 0 Å². The summed E-state index contributed by atoms with van der Waals surface area (Å²) in [6.45, 7) is 0. The highest BCUT2D eigenvalue weighted by atomic mass is 35.5. The Labute approximate surface area is 124 Å². The topological polar surface area (TPSA) is 46.2 Å². The van der Waals surface area contributed by atoms with E-state index in [1.54, 1.807) is 11.3 Å². The maximum absolute atomic E-state index is 11.8. The fourth-order valence-electron chi connectivity index (χ4n) is 2.98. The fraction of sp³-hybridized carbons (Fsp3) is 0.692. The van der Waals surface area contributed by atoms with Gasteiger partial charge < -0.3 is 5.32 Å². The summed E-state index contributed by atoms with van der Waals surface area (Å²) in [4.78, 5) is 1.13. The van der Waals surface area contributed by atoms with Crippen molar-refractivity contribution < 1.29 is 8.42 Å². The standard InChI is InChI=1S/C13H20ClNO2S2/c1-15-12(13-11(14)6-7-18-13)9-4-3-5-10(8-9)19(2,16)17/h6-7,9-10,12,15H,3-5,8H2,1-2H3. The first-order valence-corrected chi connectivity index (χ1v) is 9.73. The summed E-state index contributed by atoms with van der Waals surface area (Å²) in [7, 11) is -1.02. The van der Waals surface area contributed by atoms with Crippen LogP contribution >= 0.6 is 22.9 Å². The zero-order chi connectivity index (χ0) is 14.0. The molecule has 6 heteroatoms.